The van der Waals surface area contributed by atoms with Gasteiger partial charge in [0.1, 0.15) is 5.82 Å². The van der Waals surface area contributed by atoms with Gasteiger partial charge in [-0.25, -0.2) is 4.39 Å². The van der Waals surface area contributed by atoms with Crippen LogP contribution in [0.25, 0.3) is 0 Å². The maximum absolute atomic E-state index is 13.6. The van der Waals surface area contributed by atoms with Crippen LogP contribution in [0.2, 0.25) is 0 Å². The van der Waals surface area contributed by atoms with Gasteiger partial charge in [0, 0.05) is 17.7 Å². The van der Waals surface area contributed by atoms with Crippen LogP contribution in [0.15, 0.2) is 48.5 Å². The van der Waals surface area contributed by atoms with Gasteiger partial charge in [-0.15, -0.1) is 0 Å². The number of benzene rings is 2. The van der Waals surface area contributed by atoms with E-state index in [9.17, 15) is 18.8 Å². The summed E-state index contributed by atoms with van der Waals surface area (Å²) >= 11 is 4.91. The molecule has 0 aromatic heterocycles. The number of thiocarbonyl (C=S) groups is 1. The largest absolute Gasteiger partial charge is 0.326 e. The van der Waals surface area contributed by atoms with Gasteiger partial charge in [-0.3, -0.25) is 30.6 Å². The van der Waals surface area contributed by atoms with Crippen LogP contribution >= 0.6 is 12.2 Å². The molecule has 0 spiro atoms. The van der Waals surface area contributed by atoms with Crippen molar-refractivity contribution in [2.24, 2.45) is 0 Å². The highest BCUT2D eigenvalue weighted by molar-refractivity contribution is 7.80. The van der Waals surface area contributed by atoms with Gasteiger partial charge in [0.2, 0.25) is 5.91 Å². The Bertz CT molecular complexity index is 887. The molecule has 3 amide bonds. The number of nitrogens with one attached hydrogen (secondary N) is 4. The summed E-state index contributed by atoms with van der Waals surface area (Å²) in [5, 5.41) is 4.79. The van der Waals surface area contributed by atoms with Gasteiger partial charge in [-0.1, -0.05) is 19.1 Å². The normalized spacial score (nSPS) is 9.93. The molecular formula is C19H19FN4O3S. The first kappa shape index (κ1) is 21.0. The summed E-state index contributed by atoms with van der Waals surface area (Å²) in [4.78, 5) is 35.6. The summed E-state index contributed by atoms with van der Waals surface area (Å²) in [6.45, 7) is 1.91. The summed E-state index contributed by atoms with van der Waals surface area (Å²) in [6, 6.07) is 11.7. The minimum Gasteiger partial charge on any atom is -0.326 e. The van der Waals surface area contributed by atoms with Gasteiger partial charge in [-0.05, 0) is 55.0 Å². The topological polar surface area (TPSA) is 99.3 Å². The maximum atomic E-state index is 13.6. The van der Waals surface area contributed by atoms with E-state index in [-0.39, 0.29) is 16.6 Å². The highest BCUT2D eigenvalue weighted by atomic mass is 32.1. The van der Waals surface area contributed by atoms with Crippen LogP contribution in [0, 0.1) is 5.82 Å². The second-order valence-corrected chi connectivity index (χ2v) is 6.13. The van der Waals surface area contributed by atoms with Crippen molar-refractivity contribution in [1.82, 2.24) is 16.2 Å². The SMILES string of the molecule is CCCC(=O)Nc1ccc(C(=O)NNC(=S)NC(=O)c2ccccc2F)cc1. The fourth-order valence-electron chi connectivity index (χ4n) is 2.19. The van der Waals surface area contributed by atoms with Crippen molar-refractivity contribution in [1.29, 1.82) is 0 Å². The van der Waals surface area contributed by atoms with Gasteiger partial charge in [0.05, 0.1) is 5.56 Å². The average molecular weight is 402 g/mol. The van der Waals surface area contributed by atoms with Crippen molar-refractivity contribution in [3.63, 3.8) is 0 Å². The Hall–Kier alpha value is -3.33. The van der Waals surface area contributed by atoms with Crippen LogP contribution in [0.1, 0.15) is 40.5 Å². The van der Waals surface area contributed by atoms with Crippen molar-refractivity contribution < 1.29 is 18.8 Å². The van der Waals surface area contributed by atoms with Gasteiger partial charge in [0.15, 0.2) is 5.11 Å². The third kappa shape index (κ3) is 6.13. The lowest BCUT2D eigenvalue weighted by Gasteiger charge is -2.11. The lowest BCUT2D eigenvalue weighted by Crippen LogP contribution is -2.48. The minimum absolute atomic E-state index is 0.0997. The number of anilines is 1. The van der Waals surface area contributed by atoms with Crippen LogP contribution in [-0.2, 0) is 4.79 Å². The summed E-state index contributed by atoms with van der Waals surface area (Å²) in [5.74, 6) is -2.03. The summed E-state index contributed by atoms with van der Waals surface area (Å²) in [6.07, 6.45) is 1.16. The molecule has 7 nitrogen and oxygen atoms in total. The molecule has 0 saturated carbocycles. The molecule has 2 aromatic rings. The van der Waals surface area contributed by atoms with Gasteiger partial charge < -0.3 is 5.32 Å². The van der Waals surface area contributed by atoms with E-state index in [1.807, 2.05) is 6.92 Å². The Morgan fingerprint density at radius 2 is 1.64 bits per heavy atom. The Morgan fingerprint density at radius 3 is 2.29 bits per heavy atom. The van der Waals surface area contributed by atoms with E-state index in [0.29, 0.717) is 17.7 Å². The number of halogens is 1. The highest BCUT2D eigenvalue weighted by Crippen LogP contribution is 2.10. The fourth-order valence-corrected chi connectivity index (χ4v) is 2.33. The van der Waals surface area contributed by atoms with E-state index in [1.165, 1.54) is 30.3 Å². The molecule has 0 saturated heterocycles. The van der Waals surface area contributed by atoms with E-state index in [1.54, 1.807) is 12.1 Å². The first-order valence-electron chi connectivity index (χ1n) is 8.46. The molecule has 9 heteroatoms. The number of carbonyl (C=O) groups excluding carboxylic acids is 3. The Labute approximate surface area is 166 Å². The number of rotatable bonds is 5. The minimum atomic E-state index is -0.739. The van der Waals surface area contributed by atoms with E-state index >= 15 is 0 Å². The van der Waals surface area contributed by atoms with Gasteiger partial charge in [-0.2, -0.15) is 0 Å². The molecule has 2 aromatic carbocycles. The Balaban J connectivity index is 1.84. The summed E-state index contributed by atoms with van der Waals surface area (Å²) in [5.41, 5.74) is 5.42. The fraction of sp³-hybridized carbons (Fsp3) is 0.158. The Morgan fingerprint density at radius 1 is 0.964 bits per heavy atom. The van der Waals surface area contributed by atoms with Crippen molar-refractivity contribution in [3.05, 3.63) is 65.5 Å². The molecule has 2 rings (SSSR count). The lowest BCUT2D eigenvalue weighted by molar-refractivity contribution is -0.116. The molecule has 0 aliphatic rings. The molecule has 0 atom stereocenters. The standard InChI is InChI=1S/C19H19FN4O3S/c1-2-5-16(25)21-13-10-8-12(9-11-13)17(26)23-24-19(28)22-18(27)14-6-3-4-7-15(14)20/h3-4,6-11H,2,5H2,1H3,(H,21,25)(H,23,26)(H2,22,24,27,28). The number of hydrogen-bond acceptors (Lipinski definition) is 4. The molecule has 0 radical (unpaired) electrons. The lowest BCUT2D eigenvalue weighted by atomic mass is 10.2. The second kappa shape index (κ2) is 10.1. The highest BCUT2D eigenvalue weighted by Gasteiger charge is 2.13. The van der Waals surface area contributed by atoms with Crippen LogP contribution < -0.4 is 21.5 Å². The molecule has 0 heterocycles. The van der Waals surface area contributed by atoms with Crippen LogP contribution in [0.3, 0.4) is 0 Å². The number of amides is 3. The smallest absolute Gasteiger partial charge is 0.269 e. The van der Waals surface area contributed by atoms with Gasteiger partial charge >= 0.3 is 0 Å². The molecule has 146 valence electrons. The second-order valence-electron chi connectivity index (χ2n) is 5.72. The quantitative estimate of drug-likeness (QED) is 0.455. The summed E-state index contributed by atoms with van der Waals surface area (Å²) < 4.78 is 13.6. The molecule has 0 bridgehead atoms. The molecular weight excluding hydrogens is 383 g/mol. The van der Waals surface area contributed by atoms with Gasteiger partial charge in [0.25, 0.3) is 11.8 Å². The summed E-state index contributed by atoms with van der Waals surface area (Å²) in [7, 11) is 0. The van der Waals surface area contributed by atoms with Crippen molar-refractivity contribution in [3.8, 4) is 0 Å². The zero-order chi connectivity index (χ0) is 20.5. The van der Waals surface area contributed by atoms with E-state index in [4.69, 9.17) is 12.2 Å². The molecule has 4 N–H and O–H groups in total. The number of hydrazine groups is 1. The molecule has 0 aliphatic carbocycles. The third-order valence-electron chi connectivity index (χ3n) is 3.54. The zero-order valence-electron chi connectivity index (χ0n) is 15.0. The first-order chi connectivity index (χ1) is 13.4. The monoisotopic (exact) mass is 402 g/mol. The Kier molecular flexibility index (Phi) is 7.58. The molecule has 0 unspecified atom stereocenters. The van der Waals surface area contributed by atoms with Crippen molar-refractivity contribution >= 4 is 40.7 Å². The predicted molar refractivity (Wildman–Crippen MR) is 107 cm³/mol. The van der Waals surface area contributed by atoms with Crippen LogP contribution in [0.5, 0.6) is 0 Å². The van der Waals surface area contributed by atoms with Crippen molar-refractivity contribution in [2.75, 3.05) is 5.32 Å². The molecule has 0 aliphatic heterocycles. The van der Waals surface area contributed by atoms with E-state index < -0.39 is 17.6 Å². The zero-order valence-corrected chi connectivity index (χ0v) is 15.9. The number of carbonyl (C=O) groups is 3. The van der Waals surface area contributed by atoms with E-state index in [0.717, 1.165) is 12.5 Å². The van der Waals surface area contributed by atoms with E-state index in [2.05, 4.69) is 21.5 Å². The third-order valence-corrected chi connectivity index (χ3v) is 3.75. The first-order valence-corrected chi connectivity index (χ1v) is 8.87. The average Bonchev–Trinajstić information content (AvgIpc) is 2.67. The maximum Gasteiger partial charge on any atom is 0.269 e. The predicted octanol–water partition coefficient (Wildman–Crippen LogP) is 2.51. The molecule has 28 heavy (non-hydrogen) atoms. The van der Waals surface area contributed by atoms with Crippen LogP contribution in [-0.4, -0.2) is 22.8 Å². The number of hydrogen-bond donors (Lipinski definition) is 4. The van der Waals surface area contributed by atoms with Crippen molar-refractivity contribution in [2.45, 2.75) is 19.8 Å². The van der Waals surface area contributed by atoms with Crippen LogP contribution in [0.4, 0.5) is 10.1 Å². The molecule has 0 fully saturated rings.